The molecule has 0 saturated carbocycles. The molecule has 72 heavy (non-hydrogen) atoms. The van der Waals surface area contributed by atoms with Gasteiger partial charge in [0.1, 0.15) is 86.5 Å². The van der Waals surface area contributed by atoms with Crippen molar-refractivity contribution in [1.82, 2.24) is 0 Å². The molecule has 9 rings (SSSR count). The Morgan fingerprint density at radius 1 is 0.236 bits per heavy atom. The van der Waals surface area contributed by atoms with Gasteiger partial charge in [0.25, 0.3) is 0 Å². The van der Waals surface area contributed by atoms with Crippen molar-refractivity contribution in [1.29, 1.82) is 0 Å². The Bertz CT molecular complexity index is 2820. The lowest BCUT2D eigenvalue weighted by atomic mass is 10.2. The fraction of sp³-hybridized carbons (Fsp3) is 0.129. The highest BCUT2D eigenvalue weighted by atomic mass is 16.5. The van der Waals surface area contributed by atoms with Gasteiger partial charge in [-0.3, -0.25) is 0 Å². The molecule has 0 aliphatic heterocycles. The Labute approximate surface area is 420 Å². The van der Waals surface area contributed by atoms with Crippen LogP contribution in [-0.4, -0.2) is 5.11 Å². The minimum Gasteiger partial charge on any atom is -0.489 e. The van der Waals surface area contributed by atoms with Crippen LogP contribution in [0.3, 0.4) is 0 Å². The number of rotatable bonds is 24. The second-order valence-electron chi connectivity index (χ2n) is 16.9. The number of benzene rings is 9. The van der Waals surface area contributed by atoms with E-state index < -0.39 is 0 Å². The van der Waals surface area contributed by atoms with Crippen LogP contribution >= 0.6 is 0 Å². The first kappa shape index (κ1) is 48.2. The molecular formula is C62H54N2O8. The van der Waals surface area contributed by atoms with Gasteiger partial charge in [0.2, 0.25) is 0 Å². The second-order valence-corrected chi connectivity index (χ2v) is 16.9. The highest BCUT2D eigenvalue weighted by Crippen LogP contribution is 2.31. The number of ether oxygens (including phenoxy) is 7. The van der Waals surface area contributed by atoms with E-state index in [2.05, 4.69) is 10.2 Å². The summed E-state index contributed by atoms with van der Waals surface area (Å²) in [6.45, 7) is 2.27. The Morgan fingerprint density at radius 3 is 0.764 bits per heavy atom. The number of nitrogens with zero attached hydrogens (tertiary/aromatic N) is 2. The van der Waals surface area contributed by atoms with Gasteiger partial charge in [0, 0.05) is 18.2 Å². The maximum Gasteiger partial charge on any atom is 0.123 e. The maximum absolute atomic E-state index is 9.35. The molecule has 10 nitrogen and oxygen atoms in total. The van der Waals surface area contributed by atoms with Gasteiger partial charge >= 0.3 is 0 Å². The predicted octanol–water partition coefficient (Wildman–Crippen LogP) is 14.6. The Kier molecular flexibility index (Phi) is 16.8. The van der Waals surface area contributed by atoms with Crippen LogP contribution < -0.4 is 33.2 Å². The molecule has 0 aromatic heterocycles. The lowest BCUT2D eigenvalue weighted by Crippen LogP contribution is -2.03. The SMILES string of the molecule is OCc1ccc(N=Nc2ccc(OCc3cc(OCc4cc(OCc5ccccc5)cc(OCc5ccccc5)c4)cc(OCc4cc(OCc5ccccc5)cc(OCc5ccccc5)c4)c3)cc2)cc1. The summed E-state index contributed by atoms with van der Waals surface area (Å²) in [4.78, 5) is 0. The van der Waals surface area contributed by atoms with Crippen LogP contribution in [-0.2, 0) is 52.9 Å². The van der Waals surface area contributed by atoms with Crippen LogP contribution in [0.25, 0.3) is 0 Å². The van der Waals surface area contributed by atoms with Gasteiger partial charge in [-0.1, -0.05) is 133 Å². The molecule has 0 aliphatic carbocycles. The molecule has 9 aromatic carbocycles. The van der Waals surface area contributed by atoms with Gasteiger partial charge in [0.05, 0.1) is 18.0 Å². The van der Waals surface area contributed by atoms with Crippen molar-refractivity contribution < 1.29 is 38.3 Å². The minimum absolute atomic E-state index is 0.0239. The van der Waals surface area contributed by atoms with Crippen LogP contribution in [0, 0.1) is 0 Å². The monoisotopic (exact) mass is 954 g/mol. The summed E-state index contributed by atoms with van der Waals surface area (Å²) in [5, 5.41) is 18.0. The van der Waals surface area contributed by atoms with Crippen LogP contribution in [0.4, 0.5) is 11.4 Å². The van der Waals surface area contributed by atoms with Crippen LogP contribution in [0.15, 0.2) is 235 Å². The highest BCUT2D eigenvalue weighted by molar-refractivity contribution is 5.45. The van der Waals surface area contributed by atoms with Crippen molar-refractivity contribution in [3.05, 3.63) is 269 Å². The molecule has 0 radical (unpaired) electrons. The fourth-order valence-corrected chi connectivity index (χ4v) is 7.50. The summed E-state index contributed by atoms with van der Waals surface area (Å²) in [5.74, 6) is 4.49. The first-order chi connectivity index (χ1) is 35.5. The first-order valence-corrected chi connectivity index (χ1v) is 23.7. The van der Waals surface area contributed by atoms with Crippen molar-refractivity contribution in [2.45, 2.75) is 52.9 Å². The average Bonchev–Trinajstić information content (AvgIpc) is 3.44. The third-order valence-corrected chi connectivity index (χ3v) is 11.3. The molecule has 0 spiro atoms. The van der Waals surface area contributed by atoms with Gasteiger partial charge in [-0.2, -0.15) is 10.2 Å². The standard InChI is InChI=1S/C62H54N2O8/c65-38-46-21-23-54(24-22-46)63-64-55-25-27-56(28-26-55)66-43-51-29-61(71-44-52-31-57(67-39-47-13-5-1-6-14-47)35-58(32-52)68-40-48-15-7-2-8-16-48)37-62(30-51)72-45-53-33-59(69-41-49-17-9-3-10-18-49)36-60(34-53)70-42-50-19-11-4-12-20-50/h1-37,65H,38-45H2. The van der Waals surface area contributed by atoms with E-state index in [0.717, 1.165) is 44.5 Å². The van der Waals surface area contributed by atoms with E-state index in [0.29, 0.717) is 78.0 Å². The molecule has 0 amide bonds. The minimum atomic E-state index is -0.0239. The fourth-order valence-electron chi connectivity index (χ4n) is 7.50. The zero-order chi connectivity index (χ0) is 49.0. The van der Waals surface area contributed by atoms with E-state index in [4.69, 9.17) is 33.2 Å². The summed E-state index contributed by atoms with van der Waals surface area (Å²) < 4.78 is 44.6. The number of aliphatic hydroxyl groups excluding tert-OH is 1. The zero-order valence-corrected chi connectivity index (χ0v) is 39.7. The Hall–Kier alpha value is -8.86. The van der Waals surface area contributed by atoms with Crippen LogP contribution in [0.1, 0.15) is 44.5 Å². The predicted molar refractivity (Wildman–Crippen MR) is 278 cm³/mol. The maximum atomic E-state index is 9.35. The topological polar surface area (TPSA) is 110 Å². The number of aliphatic hydroxyl groups is 1. The summed E-state index contributed by atoms with van der Waals surface area (Å²) in [6, 6.07) is 72.4. The summed E-state index contributed by atoms with van der Waals surface area (Å²) >= 11 is 0. The van der Waals surface area contributed by atoms with Gasteiger partial charge in [-0.05, 0) is 117 Å². The van der Waals surface area contributed by atoms with E-state index in [1.54, 1.807) is 0 Å². The Morgan fingerprint density at radius 2 is 0.486 bits per heavy atom. The van der Waals surface area contributed by atoms with E-state index >= 15 is 0 Å². The second kappa shape index (κ2) is 25.1. The third kappa shape index (κ3) is 15.1. The smallest absolute Gasteiger partial charge is 0.123 e. The molecule has 0 bridgehead atoms. The molecule has 0 saturated heterocycles. The molecule has 360 valence electrons. The van der Waals surface area contributed by atoms with Crippen molar-refractivity contribution in [3.63, 3.8) is 0 Å². The van der Waals surface area contributed by atoms with Gasteiger partial charge in [0.15, 0.2) is 0 Å². The van der Waals surface area contributed by atoms with Crippen molar-refractivity contribution in [2.24, 2.45) is 10.2 Å². The van der Waals surface area contributed by atoms with E-state index in [1.165, 1.54) is 0 Å². The number of hydrogen-bond donors (Lipinski definition) is 1. The molecule has 0 aliphatic rings. The molecule has 1 N–H and O–H groups in total. The quantitative estimate of drug-likeness (QED) is 0.0597. The summed E-state index contributed by atoms with van der Waals surface area (Å²) in [7, 11) is 0. The number of hydrogen-bond acceptors (Lipinski definition) is 10. The van der Waals surface area contributed by atoms with E-state index in [-0.39, 0.29) is 26.4 Å². The highest BCUT2D eigenvalue weighted by Gasteiger charge is 2.12. The van der Waals surface area contributed by atoms with E-state index in [9.17, 15) is 5.11 Å². The Balaban J connectivity index is 0.940. The zero-order valence-electron chi connectivity index (χ0n) is 39.7. The lowest BCUT2D eigenvalue weighted by Gasteiger charge is -2.16. The van der Waals surface area contributed by atoms with Crippen molar-refractivity contribution in [2.75, 3.05) is 0 Å². The summed E-state index contributed by atoms with van der Waals surface area (Å²) in [6.07, 6.45) is 0. The molecular weight excluding hydrogens is 901 g/mol. The molecule has 0 fully saturated rings. The molecule has 10 heteroatoms. The van der Waals surface area contributed by atoms with Gasteiger partial charge in [-0.15, -0.1) is 0 Å². The first-order valence-electron chi connectivity index (χ1n) is 23.7. The van der Waals surface area contributed by atoms with Crippen molar-refractivity contribution >= 4 is 11.4 Å². The third-order valence-electron chi connectivity index (χ3n) is 11.3. The van der Waals surface area contributed by atoms with Gasteiger partial charge in [-0.25, -0.2) is 0 Å². The number of azo groups is 1. The average molecular weight is 955 g/mol. The summed E-state index contributed by atoms with van der Waals surface area (Å²) in [5.41, 5.74) is 8.97. The van der Waals surface area contributed by atoms with Gasteiger partial charge < -0.3 is 38.3 Å². The lowest BCUT2D eigenvalue weighted by molar-refractivity contribution is 0.273. The molecule has 9 aromatic rings. The molecule has 0 unspecified atom stereocenters. The van der Waals surface area contributed by atoms with Crippen LogP contribution in [0.2, 0.25) is 0 Å². The van der Waals surface area contributed by atoms with Crippen molar-refractivity contribution in [3.8, 4) is 40.2 Å². The largest absolute Gasteiger partial charge is 0.489 e. The molecule has 0 atom stereocenters. The van der Waals surface area contributed by atoms with Crippen LogP contribution in [0.5, 0.6) is 40.2 Å². The molecule has 0 heterocycles. The van der Waals surface area contributed by atoms with E-state index in [1.807, 2.05) is 224 Å². The normalized spacial score (nSPS) is 11.0.